The molecule has 0 bridgehead atoms. The van der Waals surface area contributed by atoms with Gasteiger partial charge in [0.2, 0.25) is 11.8 Å². The molecule has 0 heterocycles. The lowest BCUT2D eigenvalue weighted by Gasteiger charge is -2.29. The highest BCUT2D eigenvalue weighted by Crippen LogP contribution is 2.14. The number of nitrogens with zero attached hydrogens (tertiary/aromatic N) is 1. The lowest BCUT2D eigenvalue weighted by molar-refractivity contribution is -0.140. The molecule has 0 aliphatic carbocycles. The smallest absolute Gasteiger partial charge is 0.242 e. The highest BCUT2D eigenvalue weighted by molar-refractivity contribution is 5.87. The van der Waals surface area contributed by atoms with Gasteiger partial charge < -0.3 is 10.2 Å². The molecule has 4 nitrogen and oxygen atoms in total. The van der Waals surface area contributed by atoms with Crippen molar-refractivity contribution >= 4 is 11.8 Å². The Hall–Kier alpha value is -2.62. The van der Waals surface area contributed by atoms with Crippen LogP contribution in [-0.2, 0) is 29.0 Å². The minimum atomic E-state index is -0.498. The molecule has 0 radical (unpaired) electrons. The third kappa shape index (κ3) is 7.37. The Morgan fingerprint density at radius 1 is 0.931 bits per heavy atom. The number of rotatable bonds is 11. The molecule has 0 fully saturated rings. The number of hydrogen-bond acceptors (Lipinski definition) is 2. The van der Waals surface area contributed by atoms with Crippen molar-refractivity contribution < 1.29 is 9.59 Å². The van der Waals surface area contributed by atoms with E-state index >= 15 is 0 Å². The number of carbonyl (C=O) groups excluding carboxylic acids is 2. The van der Waals surface area contributed by atoms with Crippen LogP contribution in [0, 0.1) is 0 Å². The predicted molar refractivity (Wildman–Crippen MR) is 119 cm³/mol. The number of nitrogens with one attached hydrogen (secondary N) is 1. The van der Waals surface area contributed by atoms with Crippen molar-refractivity contribution in [2.75, 3.05) is 6.54 Å². The topological polar surface area (TPSA) is 49.4 Å². The van der Waals surface area contributed by atoms with Gasteiger partial charge in [-0.25, -0.2) is 0 Å². The van der Waals surface area contributed by atoms with Gasteiger partial charge in [0.1, 0.15) is 6.04 Å². The van der Waals surface area contributed by atoms with E-state index in [1.165, 1.54) is 5.56 Å². The lowest BCUT2D eigenvalue weighted by Crippen LogP contribution is -2.47. The molecule has 2 aromatic carbocycles. The Kier molecular flexibility index (Phi) is 9.42. The summed E-state index contributed by atoms with van der Waals surface area (Å²) in [5.74, 6) is -0.0819. The third-order valence-electron chi connectivity index (χ3n) is 5.25. The van der Waals surface area contributed by atoms with Gasteiger partial charge in [-0.1, -0.05) is 74.9 Å². The van der Waals surface area contributed by atoms with E-state index in [9.17, 15) is 9.59 Å². The van der Waals surface area contributed by atoms with Gasteiger partial charge in [-0.2, -0.15) is 0 Å². The average molecular weight is 395 g/mol. The molecule has 0 aliphatic rings. The van der Waals surface area contributed by atoms with Gasteiger partial charge in [0.25, 0.3) is 0 Å². The Bertz CT molecular complexity index is 756. The van der Waals surface area contributed by atoms with E-state index in [1.54, 1.807) is 4.90 Å². The van der Waals surface area contributed by atoms with E-state index in [0.717, 1.165) is 30.4 Å². The first-order valence-electron chi connectivity index (χ1n) is 10.7. The minimum Gasteiger partial charge on any atom is -0.354 e. The summed E-state index contributed by atoms with van der Waals surface area (Å²) in [6.45, 7) is 7.13. The number of benzene rings is 2. The van der Waals surface area contributed by atoms with Crippen LogP contribution in [0.15, 0.2) is 54.6 Å². The van der Waals surface area contributed by atoms with Crippen LogP contribution in [0.1, 0.15) is 56.7 Å². The van der Waals surface area contributed by atoms with Gasteiger partial charge in [0.05, 0.1) is 0 Å². The van der Waals surface area contributed by atoms with Crippen LogP contribution in [0.4, 0.5) is 0 Å². The zero-order chi connectivity index (χ0) is 21.1. The van der Waals surface area contributed by atoms with Crippen LogP contribution in [0.25, 0.3) is 0 Å². The SMILES string of the molecule is CCCCNC(=O)[C@@H](C)N(Cc1ccccc1)C(=O)CCc1ccc(CC)cc1. The largest absolute Gasteiger partial charge is 0.354 e. The molecule has 0 saturated heterocycles. The highest BCUT2D eigenvalue weighted by Gasteiger charge is 2.25. The summed E-state index contributed by atoms with van der Waals surface area (Å²) in [4.78, 5) is 27.4. The molecular formula is C25H34N2O2. The van der Waals surface area contributed by atoms with Gasteiger partial charge in [-0.3, -0.25) is 9.59 Å². The fourth-order valence-corrected chi connectivity index (χ4v) is 3.24. The molecule has 2 amide bonds. The number of carbonyl (C=O) groups is 2. The average Bonchev–Trinajstić information content (AvgIpc) is 2.76. The monoisotopic (exact) mass is 394 g/mol. The summed E-state index contributed by atoms with van der Waals surface area (Å²) in [6, 6.07) is 17.8. The van der Waals surface area contributed by atoms with Crippen LogP contribution in [0.5, 0.6) is 0 Å². The summed E-state index contributed by atoms with van der Waals surface area (Å²) >= 11 is 0. The summed E-state index contributed by atoms with van der Waals surface area (Å²) in [5, 5.41) is 2.96. The first-order valence-corrected chi connectivity index (χ1v) is 10.7. The maximum Gasteiger partial charge on any atom is 0.242 e. The number of amides is 2. The Morgan fingerprint density at radius 2 is 1.59 bits per heavy atom. The zero-order valence-electron chi connectivity index (χ0n) is 18.0. The molecule has 2 aromatic rings. The number of aryl methyl sites for hydroxylation is 2. The fraction of sp³-hybridized carbons (Fsp3) is 0.440. The molecule has 0 aliphatic heterocycles. The Labute approximate surface area is 175 Å². The van der Waals surface area contributed by atoms with Crippen LogP contribution in [0.2, 0.25) is 0 Å². The molecule has 4 heteroatoms. The van der Waals surface area contributed by atoms with E-state index < -0.39 is 6.04 Å². The number of unbranched alkanes of at least 4 members (excludes halogenated alkanes) is 1. The van der Waals surface area contributed by atoms with Crippen molar-refractivity contribution in [1.29, 1.82) is 0 Å². The third-order valence-corrected chi connectivity index (χ3v) is 5.25. The molecule has 29 heavy (non-hydrogen) atoms. The summed E-state index contributed by atoms with van der Waals surface area (Å²) < 4.78 is 0. The van der Waals surface area contributed by atoms with Crippen LogP contribution < -0.4 is 5.32 Å². The summed E-state index contributed by atoms with van der Waals surface area (Å²) in [6.07, 6.45) is 4.05. The number of hydrogen-bond donors (Lipinski definition) is 1. The minimum absolute atomic E-state index is 0.00608. The molecule has 2 rings (SSSR count). The normalized spacial score (nSPS) is 11.7. The second kappa shape index (κ2) is 12.1. The first kappa shape index (κ1) is 22.7. The van der Waals surface area contributed by atoms with Gasteiger partial charge in [-0.15, -0.1) is 0 Å². The molecule has 0 unspecified atom stereocenters. The standard InChI is InChI=1S/C25H34N2O2/c1-4-6-18-26-25(29)20(3)27(19-23-10-8-7-9-11-23)24(28)17-16-22-14-12-21(5-2)13-15-22/h7-15,20H,4-6,16-19H2,1-3H3,(H,26,29)/t20-/m1/s1. The van der Waals surface area contributed by atoms with E-state index in [0.29, 0.717) is 25.9 Å². The quantitative estimate of drug-likeness (QED) is 0.570. The van der Waals surface area contributed by atoms with Gasteiger partial charge in [0.15, 0.2) is 0 Å². The Balaban J connectivity index is 2.05. The van der Waals surface area contributed by atoms with Crippen molar-refractivity contribution in [2.45, 2.75) is 65.5 Å². The molecule has 0 spiro atoms. The first-order chi connectivity index (χ1) is 14.0. The predicted octanol–water partition coefficient (Wildman–Crippen LogP) is 4.52. The van der Waals surface area contributed by atoms with Gasteiger partial charge in [0, 0.05) is 19.5 Å². The van der Waals surface area contributed by atoms with E-state index in [-0.39, 0.29) is 11.8 Å². The second-order valence-electron chi connectivity index (χ2n) is 7.50. The van der Waals surface area contributed by atoms with Crippen molar-refractivity contribution in [3.63, 3.8) is 0 Å². The van der Waals surface area contributed by atoms with Crippen LogP contribution in [-0.4, -0.2) is 29.3 Å². The van der Waals surface area contributed by atoms with Crippen LogP contribution >= 0.6 is 0 Å². The Morgan fingerprint density at radius 3 is 2.21 bits per heavy atom. The molecule has 156 valence electrons. The van der Waals surface area contributed by atoms with Crippen molar-refractivity contribution in [1.82, 2.24) is 10.2 Å². The van der Waals surface area contributed by atoms with Crippen LogP contribution in [0.3, 0.4) is 0 Å². The van der Waals surface area contributed by atoms with Gasteiger partial charge >= 0.3 is 0 Å². The van der Waals surface area contributed by atoms with Crippen molar-refractivity contribution in [3.05, 3.63) is 71.3 Å². The van der Waals surface area contributed by atoms with E-state index in [1.807, 2.05) is 37.3 Å². The molecular weight excluding hydrogens is 360 g/mol. The van der Waals surface area contributed by atoms with Gasteiger partial charge in [-0.05, 0) is 42.9 Å². The fourth-order valence-electron chi connectivity index (χ4n) is 3.24. The summed E-state index contributed by atoms with van der Waals surface area (Å²) in [5.41, 5.74) is 3.47. The summed E-state index contributed by atoms with van der Waals surface area (Å²) in [7, 11) is 0. The van der Waals surface area contributed by atoms with Crippen molar-refractivity contribution in [2.24, 2.45) is 0 Å². The molecule has 0 aromatic heterocycles. The van der Waals surface area contributed by atoms with E-state index in [2.05, 4.69) is 43.4 Å². The van der Waals surface area contributed by atoms with Crippen molar-refractivity contribution in [3.8, 4) is 0 Å². The molecule has 0 saturated carbocycles. The van der Waals surface area contributed by atoms with E-state index in [4.69, 9.17) is 0 Å². The maximum atomic E-state index is 13.1. The highest BCUT2D eigenvalue weighted by atomic mass is 16.2. The maximum absolute atomic E-state index is 13.1. The lowest BCUT2D eigenvalue weighted by atomic mass is 10.0. The molecule has 1 atom stereocenters. The second-order valence-corrected chi connectivity index (χ2v) is 7.50. The molecule has 1 N–H and O–H groups in total. The zero-order valence-corrected chi connectivity index (χ0v) is 18.0.